The summed E-state index contributed by atoms with van der Waals surface area (Å²) in [5.41, 5.74) is 2.28. The molecule has 1 unspecified atom stereocenters. The number of benzene rings is 1. The van der Waals surface area contributed by atoms with E-state index >= 15 is 0 Å². The van der Waals surface area contributed by atoms with Crippen molar-refractivity contribution in [2.24, 2.45) is 4.99 Å². The number of rotatable bonds is 6. The lowest BCUT2D eigenvalue weighted by Gasteiger charge is -2.35. The van der Waals surface area contributed by atoms with Crippen LogP contribution in [-0.2, 0) is 11.3 Å². The van der Waals surface area contributed by atoms with E-state index in [9.17, 15) is 0 Å². The Labute approximate surface area is 199 Å². The number of guanidine groups is 1. The van der Waals surface area contributed by atoms with Gasteiger partial charge < -0.3 is 15.4 Å². The van der Waals surface area contributed by atoms with Gasteiger partial charge in [0.25, 0.3) is 0 Å². The first-order valence-corrected chi connectivity index (χ1v) is 10.7. The number of hydrogen-bond acceptors (Lipinski definition) is 5. The van der Waals surface area contributed by atoms with E-state index in [-0.39, 0.29) is 30.0 Å². The molecule has 1 fully saturated rings. The number of hydrogen-bond donors (Lipinski definition) is 2. The first-order chi connectivity index (χ1) is 13.6. The molecule has 1 aliphatic rings. The zero-order valence-corrected chi connectivity index (χ0v) is 21.0. The van der Waals surface area contributed by atoms with Crippen molar-refractivity contribution in [2.45, 2.75) is 26.4 Å². The Morgan fingerprint density at radius 1 is 1.31 bits per heavy atom. The molecule has 0 bridgehead atoms. The zero-order valence-electron chi connectivity index (χ0n) is 17.1. The molecule has 3 rings (SSSR count). The molecule has 9 heteroatoms. The van der Waals surface area contributed by atoms with Gasteiger partial charge >= 0.3 is 0 Å². The Bertz CT molecular complexity index is 810. The highest BCUT2D eigenvalue weighted by molar-refractivity contribution is 14.0. The Hall–Kier alpha value is -0.940. The highest BCUT2D eigenvalue weighted by Crippen LogP contribution is 2.24. The third-order valence-corrected chi connectivity index (χ3v) is 6.13. The summed E-state index contributed by atoms with van der Waals surface area (Å²) in [5, 5.41) is 8.73. The summed E-state index contributed by atoms with van der Waals surface area (Å²) in [6, 6.07) is 8.30. The molecule has 2 heterocycles. The van der Waals surface area contributed by atoms with Crippen molar-refractivity contribution in [1.82, 2.24) is 20.5 Å². The van der Waals surface area contributed by atoms with E-state index in [4.69, 9.17) is 16.3 Å². The predicted octanol–water partition coefficient (Wildman–Crippen LogP) is 3.77. The molecular formula is C20H29ClIN5OS. The average molecular weight is 550 g/mol. The van der Waals surface area contributed by atoms with Crippen LogP contribution >= 0.6 is 46.9 Å². The monoisotopic (exact) mass is 549 g/mol. The van der Waals surface area contributed by atoms with Crippen molar-refractivity contribution in [3.63, 3.8) is 0 Å². The van der Waals surface area contributed by atoms with Crippen LogP contribution in [0.25, 0.3) is 0 Å². The highest BCUT2D eigenvalue weighted by atomic mass is 127. The van der Waals surface area contributed by atoms with Crippen molar-refractivity contribution < 1.29 is 4.74 Å². The summed E-state index contributed by atoms with van der Waals surface area (Å²) in [4.78, 5) is 12.5. The van der Waals surface area contributed by atoms with Crippen LogP contribution in [0.4, 0.5) is 0 Å². The van der Waals surface area contributed by atoms with Crippen molar-refractivity contribution >= 4 is 52.9 Å². The van der Waals surface area contributed by atoms with Gasteiger partial charge in [0.2, 0.25) is 0 Å². The molecule has 1 saturated heterocycles. The van der Waals surface area contributed by atoms with Crippen molar-refractivity contribution in [3.8, 4) is 0 Å². The third kappa shape index (κ3) is 7.06. The number of aromatic nitrogens is 1. The van der Waals surface area contributed by atoms with Crippen LogP contribution in [0.15, 0.2) is 29.3 Å². The highest BCUT2D eigenvalue weighted by Gasteiger charge is 2.23. The van der Waals surface area contributed by atoms with Gasteiger partial charge in [-0.05, 0) is 31.5 Å². The molecule has 0 radical (unpaired) electrons. The molecule has 1 aromatic heterocycles. The fourth-order valence-electron chi connectivity index (χ4n) is 3.38. The molecule has 1 aliphatic heterocycles. The fourth-order valence-corrected chi connectivity index (χ4v) is 4.45. The van der Waals surface area contributed by atoms with E-state index in [1.165, 1.54) is 10.4 Å². The first kappa shape index (κ1) is 24.3. The topological polar surface area (TPSA) is 61.8 Å². The number of aliphatic imine (C=N–C) groups is 1. The normalized spacial score (nSPS) is 16.2. The van der Waals surface area contributed by atoms with Gasteiger partial charge in [-0.25, -0.2) is 4.98 Å². The van der Waals surface area contributed by atoms with Crippen molar-refractivity contribution in [1.29, 1.82) is 0 Å². The Kier molecular flexibility index (Phi) is 10.1. The lowest BCUT2D eigenvalue weighted by molar-refractivity contribution is 0.0170. The van der Waals surface area contributed by atoms with Gasteiger partial charge in [0.05, 0.1) is 36.5 Å². The molecule has 160 valence electrons. The number of nitrogens with one attached hydrogen (secondary N) is 2. The molecular weight excluding hydrogens is 521 g/mol. The minimum atomic E-state index is 0. The minimum Gasteiger partial charge on any atom is -0.379 e. The van der Waals surface area contributed by atoms with E-state index in [0.717, 1.165) is 61.1 Å². The van der Waals surface area contributed by atoms with Crippen LogP contribution in [-0.4, -0.2) is 55.7 Å². The van der Waals surface area contributed by atoms with Gasteiger partial charge in [0.15, 0.2) is 5.96 Å². The second-order valence-corrected chi connectivity index (χ2v) is 8.49. The maximum Gasteiger partial charge on any atom is 0.191 e. The standard InChI is InChI=1S/C20H28ClN5OS.HI/c1-14-19(28-15(2)25-14)13-24-20(22-3)23-12-18(26-7-9-27-10-8-26)16-5-4-6-17(21)11-16;/h4-6,11,18H,7-10,12-13H2,1-3H3,(H2,22,23,24);1H. The van der Waals surface area contributed by atoms with E-state index in [2.05, 4.69) is 31.6 Å². The van der Waals surface area contributed by atoms with Gasteiger partial charge in [-0.15, -0.1) is 35.3 Å². The van der Waals surface area contributed by atoms with Crippen LogP contribution in [0.2, 0.25) is 5.02 Å². The molecule has 0 saturated carbocycles. The van der Waals surface area contributed by atoms with Crippen molar-refractivity contribution in [2.75, 3.05) is 39.9 Å². The SMILES string of the molecule is CN=C(NCc1sc(C)nc1C)NCC(c1cccc(Cl)c1)N1CCOCC1.I. The predicted molar refractivity (Wildman–Crippen MR) is 132 cm³/mol. The minimum absolute atomic E-state index is 0. The van der Waals surface area contributed by atoms with Crippen LogP contribution in [0.5, 0.6) is 0 Å². The Balaban J connectivity index is 0.00000300. The molecule has 0 aliphatic carbocycles. The summed E-state index contributed by atoms with van der Waals surface area (Å²) in [6.45, 7) is 8.87. The molecule has 6 nitrogen and oxygen atoms in total. The first-order valence-electron chi connectivity index (χ1n) is 9.51. The fraction of sp³-hybridized carbons (Fsp3) is 0.500. The Morgan fingerprint density at radius 3 is 2.69 bits per heavy atom. The van der Waals surface area contributed by atoms with E-state index in [1.54, 1.807) is 18.4 Å². The zero-order chi connectivity index (χ0) is 19.9. The average Bonchev–Trinajstić information content (AvgIpc) is 3.02. The van der Waals surface area contributed by atoms with Gasteiger partial charge in [-0.1, -0.05) is 23.7 Å². The largest absolute Gasteiger partial charge is 0.379 e. The summed E-state index contributed by atoms with van der Waals surface area (Å²) in [7, 11) is 1.79. The molecule has 1 atom stereocenters. The number of ether oxygens (including phenoxy) is 1. The van der Waals surface area contributed by atoms with Crippen LogP contribution in [0, 0.1) is 13.8 Å². The number of nitrogens with zero attached hydrogens (tertiary/aromatic N) is 3. The Morgan fingerprint density at radius 2 is 2.07 bits per heavy atom. The maximum atomic E-state index is 6.25. The third-order valence-electron chi connectivity index (χ3n) is 4.82. The summed E-state index contributed by atoms with van der Waals surface area (Å²) in [5.74, 6) is 0.783. The summed E-state index contributed by atoms with van der Waals surface area (Å²) >= 11 is 7.97. The lowest BCUT2D eigenvalue weighted by atomic mass is 10.0. The molecule has 2 N–H and O–H groups in total. The molecule has 2 aromatic rings. The van der Waals surface area contributed by atoms with Gasteiger partial charge in [0, 0.05) is 36.6 Å². The number of morpholine rings is 1. The lowest BCUT2D eigenvalue weighted by Crippen LogP contribution is -2.46. The van der Waals surface area contributed by atoms with Crippen molar-refractivity contribution in [3.05, 3.63) is 50.4 Å². The van der Waals surface area contributed by atoms with Crippen LogP contribution < -0.4 is 10.6 Å². The van der Waals surface area contributed by atoms with E-state index in [1.807, 2.05) is 32.0 Å². The molecule has 0 amide bonds. The molecule has 0 spiro atoms. The number of thiazole rings is 1. The van der Waals surface area contributed by atoms with Gasteiger partial charge in [-0.3, -0.25) is 9.89 Å². The summed E-state index contributed by atoms with van der Waals surface area (Å²) in [6.07, 6.45) is 0. The van der Waals surface area contributed by atoms with Gasteiger partial charge in [0.1, 0.15) is 0 Å². The summed E-state index contributed by atoms with van der Waals surface area (Å²) < 4.78 is 5.53. The smallest absolute Gasteiger partial charge is 0.191 e. The van der Waals surface area contributed by atoms with Crippen LogP contribution in [0.3, 0.4) is 0 Å². The van der Waals surface area contributed by atoms with E-state index < -0.39 is 0 Å². The van der Waals surface area contributed by atoms with Gasteiger partial charge in [-0.2, -0.15) is 0 Å². The molecule has 1 aromatic carbocycles. The number of aryl methyl sites for hydroxylation is 2. The number of halogens is 2. The maximum absolute atomic E-state index is 6.25. The quantitative estimate of drug-likeness (QED) is 0.326. The second kappa shape index (κ2) is 12.0. The molecule has 29 heavy (non-hydrogen) atoms. The van der Waals surface area contributed by atoms with E-state index in [0.29, 0.717) is 0 Å². The van der Waals surface area contributed by atoms with Crippen LogP contribution in [0.1, 0.15) is 27.2 Å². The second-order valence-electron chi connectivity index (χ2n) is 6.77.